The van der Waals surface area contributed by atoms with Crippen molar-refractivity contribution in [3.05, 3.63) is 56.6 Å². The Hall–Kier alpha value is -2.27. The quantitative estimate of drug-likeness (QED) is 0.470. The average molecular weight is 376 g/mol. The van der Waals surface area contributed by atoms with Gasteiger partial charge in [-0.05, 0) is 48.9 Å². The number of hydrogen-bond acceptors (Lipinski definition) is 4. The lowest BCUT2D eigenvalue weighted by Gasteiger charge is -2.14. The summed E-state index contributed by atoms with van der Waals surface area (Å²) in [6.45, 7) is 0. The van der Waals surface area contributed by atoms with Crippen LogP contribution in [0.4, 0.5) is 5.69 Å². The minimum absolute atomic E-state index is 0.0316. The van der Waals surface area contributed by atoms with Crippen LogP contribution in [0.1, 0.15) is 43.2 Å². The maximum Gasteiger partial charge on any atom is 0.311 e. The molecule has 2 aliphatic rings. The lowest BCUT2D eigenvalue weighted by atomic mass is 10.0. The molecule has 0 amide bonds. The van der Waals surface area contributed by atoms with Gasteiger partial charge in [-0.3, -0.25) is 10.1 Å². The third-order valence-corrected chi connectivity index (χ3v) is 5.04. The number of nitro groups is 1. The molecule has 2 aromatic carbocycles. The van der Waals surface area contributed by atoms with Crippen molar-refractivity contribution in [2.24, 2.45) is 0 Å². The SMILES string of the molecule is COc1cc(Cl)c2cc1Oc1ccc(cc1[N+](=O)[O-])CCCCCCC2. The highest BCUT2D eigenvalue weighted by molar-refractivity contribution is 6.31. The third-order valence-electron chi connectivity index (χ3n) is 4.68. The Morgan fingerprint density at radius 2 is 1.77 bits per heavy atom. The topological polar surface area (TPSA) is 61.6 Å². The van der Waals surface area contributed by atoms with Crippen molar-refractivity contribution in [2.45, 2.75) is 44.9 Å². The first-order valence-corrected chi connectivity index (χ1v) is 9.28. The van der Waals surface area contributed by atoms with E-state index in [1.54, 1.807) is 18.2 Å². The molecule has 0 aromatic heterocycles. The number of nitro benzene ring substituents is 1. The van der Waals surface area contributed by atoms with E-state index >= 15 is 0 Å². The second-order valence-electron chi connectivity index (χ2n) is 6.52. The van der Waals surface area contributed by atoms with Gasteiger partial charge in [0.15, 0.2) is 11.5 Å². The number of nitrogens with zero attached hydrogens (tertiary/aromatic N) is 1. The van der Waals surface area contributed by atoms with Gasteiger partial charge in [0.1, 0.15) is 0 Å². The molecule has 2 aliphatic heterocycles. The molecule has 26 heavy (non-hydrogen) atoms. The molecule has 4 bridgehead atoms. The zero-order chi connectivity index (χ0) is 18.5. The van der Waals surface area contributed by atoms with Crippen molar-refractivity contribution in [1.29, 1.82) is 0 Å². The van der Waals surface area contributed by atoms with E-state index in [0.29, 0.717) is 16.5 Å². The molecule has 4 rings (SSSR count). The average Bonchev–Trinajstić information content (AvgIpc) is 2.64. The summed E-state index contributed by atoms with van der Waals surface area (Å²) in [5.41, 5.74) is 1.90. The third kappa shape index (κ3) is 4.28. The number of hydrogen-bond donors (Lipinski definition) is 0. The highest BCUT2D eigenvalue weighted by Crippen LogP contribution is 2.40. The molecule has 6 heteroatoms. The fourth-order valence-corrected chi connectivity index (χ4v) is 3.50. The van der Waals surface area contributed by atoms with Crippen molar-refractivity contribution in [3.63, 3.8) is 0 Å². The molecule has 2 aromatic rings. The smallest absolute Gasteiger partial charge is 0.311 e. The predicted octanol–water partition coefficient (Wildman–Crippen LogP) is 6.10. The van der Waals surface area contributed by atoms with E-state index in [1.165, 1.54) is 7.11 Å². The molecule has 138 valence electrons. The van der Waals surface area contributed by atoms with Crippen LogP contribution in [0.15, 0.2) is 30.3 Å². The van der Waals surface area contributed by atoms with Gasteiger partial charge in [-0.1, -0.05) is 36.9 Å². The molecule has 0 atom stereocenters. The molecular weight excluding hydrogens is 354 g/mol. The Balaban J connectivity index is 2.06. The summed E-state index contributed by atoms with van der Waals surface area (Å²) < 4.78 is 11.2. The maximum absolute atomic E-state index is 11.5. The Morgan fingerprint density at radius 3 is 2.50 bits per heavy atom. The van der Waals surface area contributed by atoms with Crippen LogP contribution in [0.25, 0.3) is 0 Å². The highest BCUT2D eigenvalue weighted by Gasteiger charge is 2.20. The van der Waals surface area contributed by atoms with Gasteiger partial charge in [0.05, 0.1) is 12.0 Å². The zero-order valence-corrected chi connectivity index (χ0v) is 15.6. The van der Waals surface area contributed by atoms with Gasteiger partial charge in [0, 0.05) is 17.2 Å². The summed E-state index contributed by atoms with van der Waals surface area (Å²) in [6.07, 6.45) is 7.17. The van der Waals surface area contributed by atoms with Gasteiger partial charge in [-0.2, -0.15) is 0 Å². The molecule has 0 saturated carbocycles. The molecule has 0 spiro atoms. The highest BCUT2D eigenvalue weighted by atomic mass is 35.5. The summed E-state index contributed by atoms with van der Waals surface area (Å²) in [5.74, 6) is 1.11. The standard InChI is InChI=1S/C20H22ClNO4/c1-25-19-13-16(21)15-8-6-4-2-3-5-7-14-9-10-18(26-20(19)12-15)17(11-14)22(23)24/h9-13H,2-8H2,1H3. The summed E-state index contributed by atoms with van der Waals surface area (Å²) in [7, 11) is 1.53. The Morgan fingerprint density at radius 1 is 1.04 bits per heavy atom. The molecule has 0 fully saturated rings. The van der Waals surface area contributed by atoms with Crippen molar-refractivity contribution in [3.8, 4) is 17.2 Å². The van der Waals surface area contributed by atoms with Crippen molar-refractivity contribution in [2.75, 3.05) is 7.11 Å². The van der Waals surface area contributed by atoms with E-state index in [2.05, 4.69) is 0 Å². The van der Waals surface area contributed by atoms with Gasteiger partial charge >= 0.3 is 5.69 Å². The Kier molecular flexibility index (Phi) is 5.99. The fraction of sp³-hybridized carbons (Fsp3) is 0.400. The van der Waals surface area contributed by atoms with E-state index in [1.807, 2.05) is 12.1 Å². The second-order valence-corrected chi connectivity index (χ2v) is 6.93. The fourth-order valence-electron chi connectivity index (χ4n) is 3.25. The van der Waals surface area contributed by atoms with Crippen LogP contribution >= 0.6 is 11.6 Å². The molecule has 0 aliphatic carbocycles. The number of aryl methyl sites for hydroxylation is 2. The summed E-state index contributed by atoms with van der Waals surface area (Å²) in [6, 6.07) is 8.72. The molecule has 0 unspecified atom stereocenters. The lowest BCUT2D eigenvalue weighted by Crippen LogP contribution is -1.98. The van der Waals surface area contributed by atoms with Crippen LogP contribution < -0.4 is 9.47 Å². The second kappa shape index (κ2) is 8.41. The van der Waals surface area contributed by atoms with E-state index in [4.69, 9.17) is 21.1 Å². The van der Waals surface area contributed by atoms with Crippen LogP contribution in [-0.2, 0) is 12.8 Å². The van der Waals surface area contributed by atoms with E-state index in [9.17, 15) is 10.1 Å². The molecule has 0 radical (unpaired) electrons. The first kappa shape index (κ1) is 18.5. The minimum Gasteiger partial charge on any atom is -0.493 e. The maximum atomic E-state index is 11.5. The van der Waals surface area contributed by atoms with E-state index in [-0.39, 0.29) is 11.4 Å². The van der Waals surface area contributed by atoms with Gasteiger partial charge < -0.3 is 9.47 Å². The first-order valence-electron chi connectivity index (χ1n) is 8.90. The number of methoxy groups -OCH3 is 1. The first-order chi connectivity index (χ1) is 12.6. The minimum atomic E-state index is -0.403. The Labute approximate surface area is 158 Å². The van der Waals surface area contributed by atoms with Gasteiger partial charge in [-0.25, -0.2) is 0 Å². The lowest BCUT2D eigenvalue weighted by molar-refractivity contribution is -0.385. The number of halogens is 1. The van der Waals surface area contributed by atoms with Crippen LogP contribution in [-0.4, -0.2) is 12.0 Å². The van der Waals surface area contributed by atoms with Gasteiger partial charge in [0.25, 0.3) is 0 Å². The van der Waals surface area contributed by atoms with Crippen LogP contribution in [0.2, 0.25) is 5.02 Å². The van der Waals surface area contributed by atoms with Gasteiger partial charge in [-0.15, -0.1) is 0 Å². The normalized spacial score (nSPS) is 14.8. The molecule has 2 heterocycles. The summed E-state index contributed by atoms with van der Waals surface area (Å²) in [4.78, 5) is 11.1. The predicted molar refractivity (Wildman–Crippen MR) is 102 cm³/mol. The Bertz CT molecular complexity index is 807. The molecule has 0 N–H and O–H groups in total. The van der Waals surface area contributed by atoms with Crippen molar-refractivity contribution >= 4 is 17.3 Å². The molecule has 5 nitrogen and oxygen atoms in total. The monoisotopic (exact) mass is 375 g/mol. The van der Waals surface area contributed by atoms with Crippen LogP contribution in [0, 0.1) is 10.1 Å². The largest absolute Gasteiger partial charge is 0.493 e. The van der Waals surface area contributed by atoms with Gasteiger partial charge in [0.2, 0.25) is 5.75 Å². The van der Waals surface area contributed by atoms with Crippen LogP contribution in [0.5, 0.6) is 17.2 Å². The molecule has 0 saturated heterocycles. The summed E-state index contributed by atoms with van der Waals surface area (Å²) >= 11 is 6.37. The number of benzene rings is 2. The van der Waals surface area contributed by atoms with Crippen molar-refractivity contribution in [1.82, 2.24) is 0 Å². The number of rotatable bonds is 2. The van der Waals surface area contributed by atoms with Crippen LogP contribution in [0.3, 0.4) is 0 Å². The van der Waals surface area contributed by atoms with E-state index in [0.717, 1.165) is 56.1 Å². The molecular formula is C20H22ClNO4. The zero-order valence-electron chi connectivity index (χ0n) is 14.8. The van der Waals surface area contributed by atoms with E-state index < -0.39 is 4.92 Å². The summed E-state index contributed by atoms with van der Waals surface area (Å²) in [5, 5.41) is 12.1. The number of fused-ring (bicyclic) bond motifs is 8. The van der Waals surface area contributed by atoms with Crippen molar-refractivity contribution < 1.29 is 14.4 Å². The number of ether oxygens (including phenoxy) is 2.